The third-order valence-corrected chi connectivity index (χ3v) is 1.22. The predicted molar refractivity (Wildman–Crippen MR) is 34.5 cm³/mol. The van der Waals surface area contributed by atoms with E-state index in [1.807, 2.05) is 0 Å². The van der Waals surface area contributed by atoms with Crippen molar-refractivity contribution in [1.82, 2.24) is 0 Å². The number of carboxylic acid groups (broad SMARTS) is 1. The van der Waals surface area contributed by atoms with Crippen molar-refractivity contribution in [3.63, 3.8) is 0 Å². The molecule has 0 aromatic heterocycles. The summed E-state index contributed by atoms with van der Waals surface area (Å²) in [6.07, 6.45) is 4.43. The maximum Gasteiger partial charge on any atom is 0.328 e. The summed E-state index contributed by atoms with van der Waals surface area (Å²) in [6, 6.07) is 0. The van der Waals surface area contributed by atoms with Gasteiger partial charge in [-0.25, -0.2) is 4.79 Å². The standard InChI is InChI=1S/C7H6O3/c8-6-3-1-2-5(6)4-7(9)10/h1,3-4H,2H2,(H,9,10)/b5-4-. The molecule has 0 amide bonds. The van der Waals surface area contributed by atoms with Crippen LogP contribution in [0.2, 0.25) is 0 Å². The molecule has 52 valence electrons. The predicted octanol–water partition coefficient (Wildman–Crippen LogP) is 0.526. The van der Waals surface area contributed by atoms with Gasteiger partial charge in [0, 0.05) is 11.6 Å². The monoisotopic (exact) mass is 138 g/mol. The number of allylic oxidation sites excluding steroid dienone is 3. The zero-order valence-corrected chi connectivity index (χ0v) is 5.20. The summed E-state index contributed by atoms with van der Waals surface area (Å²) in [6.45, 7) is 0. The minimum absolute atomic E-state index is 0.192. The molecule has 0 radical (unpaired) electrons. The van der Waals surface area contributed by atoms with Gasteiger partial charge in [-0.2, -0.15) is 0 Å². The fourth-order valence-electron chi connectivity index (χ4n) is 0.780. The summed E-state index contributed by atoms with van der Waals surface area (Å²) >= 11 is 0. The van der Waals surface area contributed by atoms with Crippen molar-refractivity contribution in [2.45, 2.75) is 6.42 Å². The first-order valence-electron chi connectivity index (χ1n) is 2.84. The second-order valence-electron chi connectivity index (χ2n) is 1.98. The molecule has 0 aromatic rings. The molecule has 0 unspecified atom stereocenters. The zero-order valence-electron chi connectivity index (χ0n) is 5.20. The highest BCUT2D eigenvalue weighted by Gasteiger charge is 2.11. The van der Waals surface area contributed by atoms with E-state index in [9.17, 15) is 9.59 Å². The molecular weight excluding hydrogens is 132 g/mol. The fourth-order valence-corrected chi connectivity index (χ4v) is 0.780. The van der Waals surface area contributed by atoms with Crippen molar-refractivity contribution >= 4 is 11.8 Å². The minimum Gasteiger partial charge on any atom is -0.478 e. The van der Waals surface area contributed by atoms with Crippen LogP contribution < -0.4 is 0 Å². The van der Waals surface area contributed by atoms with E-state index in [1.54, 1.807) is 6.08 Å². The van der Waals surface area contributed by atoms with Crippen LogP contribution in [-0.4, -0.2) is 16.9 Å². The molecule has 0 atom stereocenters. The van der Waals surface area contributed by atoms with Crippen LogP contribution in [0.15, 0.2) is 23.8 Å². The maximum absolute atomic E-state index is 10.7. The fraction of sp³-hybridized carbons (Fsp3) is 0.143. The molecule has 1 aliphatic rings. The van der Waals surface area contributed by atoms with Crippen molar-refractivity contribution < 1.29 is 14.7 Å². The summed E-state index contributed by atoms with van der Waals surface area (Å²) in [5, 5.41) is 8.24. The molecule has 3 nitrogen and oxygen atoms in total. The Morgan fingerprint density at radius 1 is 1.70 bits per heavy atom. The number of hydrogen-bond acceptors (Lipinski definition) is 2. The van der Waals surface area contributed by atoms with Crippen molar-refractivity contribution in [3.8, 4) is 0 Å². The van der Waals surface area contributed by atoms with Crippen molar-refractivity contribution in [2.24, 2.45) is 0 Å². The van der Waals surface area contributed by atoms with Gasteiger partial charge in [-0.05, 0) is 12.5 Å². The normalized spacial score (nSPS) is 20.4. The minimum atomic E-state index is -1.06. The second-order valence-corrected chi connectivity index (χ2v) is 1.98. The highest BCUT2D eigenvalue weighted by Crippen LogP contribution is 2.11. The van der Waals surface area contributed by atoms with E-state index >= 15 is 0 Å². The molecule has 0 spiro atoms. The molecule has 1 rings (SSSR count). The quantitative estimate of drug-likeness (QED) is 0.537. The van der Waals surface area contributed by atoms with E-state index in [2.05, 4.69) is 0 Å². The summed E-state index contributed by atoms with van der Waals surface area (Å²) < 4.78 is 0. The van der Waals surface area contributed by atoms with E-state index in [4.69, 9.17) is 5.11 Å². The molecule has 0 aromatic carbocycles. The van der Waals surface area contributed by atoms with Gasteiger partial charge in [0.2, 0.25) is 0 Å². The Balaban J connectivity index is 2.77. The number of hydrogen-bond donors (Lipinski definition) is 1. The Labute approximate surface area is 57.7 Å². The van der Waals surface area contributed by atoms with Crippen molar-refractivity contribution in [1.29, 1.82) is 0 Å². The van der Waals surface area contributed by atoms with E-state index in [-0.39, 0.29) is 5.78 Å². The van der Waals surface area contributed by atoms with Crippen molar-refractivity contribution in [2.75, 3.05) is 0 Å². The highest BCUT2D eigenvalue weighted by atomic mass is 16.4. The molecule has 0 fully saturated rings. The van der Waals surface area contributed by atoms with Gasteiger partial charge in [0.05, 0.1) is 0 Å². The lowest BCUT2D eigenvalue weighted by Gasteiger charge is -1.88. The molecule has 1 N–H and O–H groups in total. The van der Waals surface area contributed by atoms with Crippen molar-refractivity contribution in [3.05, 3.63) is 23.8 Å². The van der Waals surface area contributed by atoms with Gasteiger partial charge < -0.3 is 5.11 Å². The molecular formula is C7H6O3. The molecule has 10 heavy (non-hydrogen) atoms. The summed E-state index contributed by atoms with van der Waals surface area (Å²) in [5.74, 6) is -1.26. The topological polar surface area (TPSA) is 54.4 Å². The molecule has 0 aliphatic heterocycles. The Morgan fingerprint density at radius 2 is 2.40 bits per heavy atom. The first kappa shape index (κ1) is 6.74. The lowest BCUT2D eigenvalue weighted by Crippen LogP contribution is -1.96. The van der Waals surface area contributed by atoms with Gasteiger partial charge in [0.15, 0.2) is 5.78 Å². The first-order valence-corrected chi connectivity index (χ1v) is 2.84. The van der Waals surface area contributed by atoms with Crippen LogP contribution in [0.3, 0.4) is 0 Å². The van der Waals surface area contributed by atoms with Gasteiger partial charge >= 0.3 is 5.97 Å². The van der Waals surface area contributed by atoms with Gasteiger partial charge in [0.25, 0.3) is 0 Å². The average Bonchev–Trinajstić information content (AvgIpc) is 2.15. The Kier molecular flexibility index (Phi) is 1.67. The summed E-state index contributed by atoms with van der Waals surface area (Å²) in [5.41, 5.74) is 0.354. The van der Waals surface area contributed by atoms with Crippen LogP contribution >= 0.6 is 0 Å². The lowest BCUT2D eigenvalue weighted by atomic mass is 10.2. The summed E-state index contributed by atoms with van der Waals surface area (Å²) in [4.78, 5) is 20.7. The molecule has 0 saturated carbocycles. The Bertz CT molecular complexity index is 235. The van der Waals surface area contributed by atoms with E-state index in [0.29, 0.717) is 12.0 Å². The van der Waals surface area contributed by atoms with Crippen LogP contribution in [0.4, 0.5) is 0 Å². The van der Waals surface area contributed by atoms with E-state index in [1.165, 1.54) is 6.08 Å². The van der Waals surface area contributed by atoms with Crippen LogP contribution in [0.25, 0.3) is 0 Å². The van der Waals surface area contributed by atoms with Crippen LogP contribution in [0.5, 0.6) is 0 Å². The number of carboxylic acids is 1. The van der Waals surface area contributed by atoms with Gasteiger partial charge in [0.1, 0.15) is 0 Å². The molecule has 0 saturated heterocycles. The van der Waals surface area contributed by atoms with E-state index < -0.39 is 5.97 Å². The number of rotatable bonds is 1. The largest absolute Gasteiger partial charge is 0.478 e. The maximum atomic E-state index is 10.7. The lowest BCUT2D eigenvalue weighted by molar-refractivity contribution is -0.131. The van der Waals surface area contributed by atoms with Crippen LogP contribution in [0.1, 0.15) is 6.42 Å². The molecule has 1 aliphatic carbocycles. The Morgan fingerprint density at radius 3 is 2.80 bits per heavy atom. The number of carbonyl (C=O) groups excluding carboxylic acids is 1. The average molecular weight is 138 g/mol. The smallest absolute Gasteiger partial charge is 0.328 e. The highest BCUT2D eigenvalue weighted by molar-refractivity contribution is 6.09. The first-order chi connectivity index (χ1) is 4.70. The second kappa shape index (κ2) is 2.47. The molecule has 0 heterocycles. The molecule has 3 heteroatoms. The zero-order chi connectivity index (χ0) is 7.56. The summed E-state index contributed by atoms with van der Waals surface area (Å²) in [7, 11) is 0. The van der Waals surface area contributed by atoms with Crippen LogP contribution in [-0.2, 0) is 9.59 Å². The third-order valence-electron chi connectivity index (χ3n) is 1.22. The van der Waals surface area contributed by atoms with E-state index in [0.717, 1.165) is 6.08 Å². The third kappa shape index (κ3) is 1.31. The molecule has 0 bridgehead atoms. The van der Waals surface area contributed by atoms with Crippen LogP contribution in [0, 0.1) is 0 Å². The van der Waals surface area contributed by atoms with Gasteiger partial charge in [-0.1, -0.05) is 6.08 Å². The van der Waals surface area contributed by atoms with Gasteiger partial charge in [-0.15, -0.1) is 0 Å². The SMILES string of the molecule is O=C(O)/C=C1/CC=CC1=O. The number of aliphatic carboxylic acids is 1. The number of carbonyl (C=O) groups is 2. The van der Waals surface area contributed by atoms with Gasteiger partial charge in [-0.3, -0.25) is 4.79 Å². The number of ketones is 1. The Hall–Kier alpha value is -1.38.